The predicted octanol–water partition coefficient (Wildman–Crippen LogP) is 3.40. The Kier molecular flexibility index (Phi) is 7.89. The summed E-state index contributed by atoms with van der Waals surface area (Å²) < 4.78 is 0. The summed E-state index contributed by atoms with van der Waals surface area (Å²) in [6.45, 7) is 6.43. The molecule has 1 aliphatic carbocycles. The molecule has 164 valence electrons. The van der Waals surface area contributed by atoms with Gasteiger partial charge in [0.25, 0.3) is 0 Å². The fourth-order valence-corrected chi connectivity index (χ4v) is 5.07. The minimum atomic E-state index is -0.165. The van der Waals surface area contributed by atoms with Gasteiger partial charge in [-0.3, -0.25) is 24.2 Å². The maximum absolute atomic E-state index is 12.6. The van der Waals surface area contributed by atoms with Crippen LogP contribution in [0.25, 0.3) is 0 Å². The fraction of sp³-hybridized carbons (Fsp3) is 0.609. The number of hydrogen-bond donors (Lipinski definition) is 1. The Morgan fingerprint density at radius 1 is 1.13 bits per heavy atom. The number of rotatable bonds is 9. The second-order valence-electron chi connectivity index (χ2n) is 8.14. The van der Waals surface area contributed by atoms with Crippen LogP contribution in [0.5, 0.6) is 0 Å². The molecule has 3 amide bonds. The minimum Gasteiger partial charge on any atom is -0.354 e. The monoisotopic (exact) mass is 433 g/mol. The van der Waals surface area contributed by atoms with E-state index in [9.17, 15) is 14.4 Å². The van der Waals surface area contributed by atoms with Crippen LogP contribution in [-0.2, 0) is 14.4 Å². The molecule has 7 heteroatoms. The maximum atomic E-state index is 12.6. The van der Waals surface area contributed by atoms with Crippen LogP contribution in [0.1, 0.15) is 57.6 Å². The van der Waals surface area contributed by atoms with E-state index in [2.05, 4.69) is 24.1 Å². The molecule has 1 aromatic carbocycles. The molecular formula is C23H32ClN3O3. The number of nitrogens with zero attached hydrogens (tertiary/aromatic N) is 2. The lowest BCUT2D eigenvalue weighted by molar-refractivity contribution is -0.140. The van der Waals surface area contributed by atoms with Crippen molar-refractivity contribution in [2.24, 2.45) is 11.8 Å². The molecule has 0 spiro atoms. The zero-order chi connectivity index (χ0) is 21.7. The van der Waals surface area contributed by atoms with Gasteiger partial charge >= 0.3 is 0 Å². The van der Waals surface area contributed by atoms with Crippen molar-refractivity contribution in [3.8, 4) is 0 Å². The number of imide groups is 1. The van der Waals surface area contributed by atoms with Crippen LogP contribution in [0.2, 0.25) is 5.02 Å². The number of carbonyl (C=O) groups is 3. The molecule has 3 rings (SSSR count). The zero-order valence-corrected chi connectivity index (χ0v) is 18.7. The van der Waals surface area contributed by atoms with E-state index in [4.69, 9.17) is 11.6 Å². The number of likely N-dealkylation sites (N-methyl/N-ethyl adjacent to an activating group) is 1. The highest BCUT2D eigenvalue weighted by molar-refractivity contribution is 6.31. The van der Waals surface area contributed by atoms with Gasteiger partial charge < -0.3 is 5.32 Å². The number of hydrogen-bond acceptors (Lipinski definition) is 4. The van der Waals surface area contributed by atoms with Gasteiger partial charge in [-0.05, 0) is 37.6 Å². The standard InChI is InChI=1S/C23H32ClN3O3/c1-3-26(4-2)20(18-11-7-8-12-19(18)24)15-25-21(28)13-14-27-22(29)16-9-5-6-10-17(16)23(27)30/h7-8,11-12,16-17,20H,3-6,9-10,13-15H2,1-2H3,(H,25,28)/t16-,17-,20-/m1/s1. The van der Waals surface area contributed by atoms with Crippen LogP contribution >= 0.6 is 11.6 Å². The molecule has 1 heterocycles. The summed E-state index contributed by atoms with van der Waals surface area (Å²) in [7, 11) is 0. The molecule has 1 aromatic rings. The van der Waals surface area contributed by atoms with Crippen molar-refractivity contribution in [2.45, 2.75) is 52.0 Å². The van der Waals surface area contributed by atoms with E-state index < -0.39 is 0 Å². The molecular weight excluding hydrogens is 402 g/mol. The first-order valence-corrected chi connectivity index (χ1v) is 11.5. The summed E-state index contributed by atoms with van der Waals surface area (Å²) in [6.07, 6.45) is 3.72. The van der Waals surface area contributed by atoms with Gasteiger partial charge in [0.2, 0.25) is 17.7 Å². The Bertz CT molecular complexity index is 757. The van der Waals surface area contributed by atoms with Crippen molar-refractivity contribution < 1.29 is 14.4 Å². The molecule has 0 unspecified atom stereocenters. The number of fused-ring (bicyclic) bond motifs is 1. The lowest BCUT2D eigenvalue weighted by Crippen LogP contribution is -2.40. The first kappa shape index (κ1) is 22.8. The first-order valence-electron chi connectivity index (χ1n) is 11.1. The number of nitrogens with one attached hydrogen (secondary N) is 1. The van der Waals surface area contributed by atoms with Gasteiger partial charge in [0.15, 0.2) is 0 Å². The summed E-state index contributed by atoms with van der Waals surface area (Å²) in [5, 5.41) is 3.67. The van der Waals surface area contributed by atoms with Crippen LogP contribution in [0, 0.1) is 11.8 Å². The van der Waals surface area contributed by atoms with Gasteiger partial charge in [-0.2, -0.15) is 0 Å². The number of carbonyl (C=O) groups excluding carboxylic acids is 3. The van der Waals surface area contributed by atoms with Crippen LogP contribution < -0.4 is 5.32 Å². The number of benzene rings is 1. The number of halogens is 1. The summed E-state index contributed by atoms with van der Waals surface area (Å²) in [4.78, 5) is 41.2. The van der Waals surface area contributed by atoms with Gasteiger partial charge in [-0.15, -0.1) is 0 Å². The number of amides is 3. The van der Waals surface area contributed by atoms with Crippen molar-refractivity contribution in [2.75, 3.05) is 26.2 Å². The molecule has 6 nitrogen and oxygen atoms in total. The van der Waals surface area contributed by atoms with E-state index in [1.165, 1.54) is 4.90 Å². The Morgan fingerprint density at radius 3 is 2.30 bits per heavy atom. The molecule has 1 saturated carbocycles. The summed E-state index contributed by atoms with van der Waals surface area (Å²) in [5.41, 5.74) is 0.983. The molecule has 3 atom stereocenters. The molecule has 0 aromatic heterocycles. The maximum Gasteiger partial charge on any atom is 0.233 e. The normalized spacial score (nSPS) is 22.3. The van der Waals surface area contributed by atoms with Gasteiger partial charge in [0, 0.05) is 24.5 Å². The molecule has 1 saturated heterocycles. The zero-order valence-electron chi connectivity index (χ0n) is 17.9. The van der Waals surface area contributed by atoms with Crippen LogP contribution in [0.3, 0.4) is 0 Å². The Morgan fingerprint density at radius 2 is 1.73 bits per heavy atom. The van der Waals surface area contributed by atoms with Crippen molar-refractivity contribution in [1.82, 2.24) is 15.1 Å². The summed E-state index contributed by atoms with van der Waals surface area (Å²) in [5.74, 6) is -0.665. The van der Waals surface area contributed by atoms with Crippen molar-refractivity contribution in [3.63, 3.8) is 0 Å². The molecule has 2 aliphatic rings. The highest BCUT2D eigenvalue weighted by atomic mass is 35.5. The van der Waals surface area contributed by atoms with E-state index in [1.807, 2.05) is 24.3 Å². The SMILES string of the molecule is CCN(CC)[C@H](CNC(=O)CCN1C(=O)[C@@H]2CCCC[C@H]2C1=O)c1ccccc1Cl. The molecule has 1 aliphatic heterocycles. The molecule has 0 radical (unpaired) electrons. The van der Waals surface area contributed by atoms with E-state index in [-0.39, 0.29) is 48.6 Å². The fourth-order valence-electron chi connectivity index (χ4n) is 4.81. The lowest BCUT2D eigenvalue weighted by atomic mass is 9.81. The predicted molar refractivity (Wildman–Crippen MR) is 117 cm³/mol. The van der Waals surface area contributed by atoms with E-state index in [0.29, 0.717) is 11.6 Å². The third-order valence-electron chi connectivity index (χ3n) is 6.50. The summed E-state index contributed by atoms with van der Waals surface area (Å²) >= 11 is 6.41. The third kappa shape index (κ3) is 4.86. The highest BCUT2D eigenvalue weighted by Crippen LogP contribution is 2.38. The Balaban J connectivity index is 1.57. The van der Waals surface area contributed by atoms with Crippen LogP contribution in [0.15, 0.2) is 24.3 Å². The smallest absolute Gasteiger partial charge is 0.233 e. The quantitative estimate of drug-likeness (QED) is 0.606. The average Bonchev–Trinajstić information content (AvgIpc) is 3.00. The average molecular weight is 434 g/mol. The summed E-state index contributed by atoms with van der Waals surface area (Å²) in [6, 6.07) is 7.66. The van der Waals surface area contributed by atoms with E-state index >= 15 is 0 Å². The van der Waals surface area contributed by atoms with E-state index in [1.54, 1.807) is 0 Å². The van der Waals surface area contributed by atoms with Gasteiger partial charge in [-0.25, -0.2) is 0 Å². The molecule has 2 fully saturated rings. The minimum absolute atomic E-state index is 0.0319. The second kappa shape index (κ2) is 10.4. The van der Waals surface area contributed by atoms with Gasteiger partial charge in [0.05, 0.1) is 17.9 Å². The first-order chi connectivity index (χ1) is 14.5. The molecule has 1 N–H and O–H groups in total. The van der Waals surface area contributed by atoms with Gasteiger partial charge in [0.1, 0.15) is 0 Å². The Hall–Kier alpha value is -1.92. The molecule has 0 bridgehead atoms. The van der Waals surface area contributed by atoms with Crippen LogP contribution in [0.4, 0.5) is 0 Å². The van der Waals surface area contributed by atoms with Crippen LogP contribution in [-0.4, -0.2) is 53.7 Å². The van der Waals surface area contributed by atoms with Crippen molar-refractivity contribution >= 4 is 29.3 Å². The topological polar surface area (TPSA) is 69.7 Å². The van der Waals surface area contributed by atoms with E-state index in [0.717, 1.165) is 44.3 Å². The second-order valence-corrected chi connectivity index (χ2v) is 8.55. The van der Waals surface area contributed by atoms with Crippen molar-refractivity contribution in [1.29, 1.82) is 0 Å². The highest BCUT2D eigenvalue weighted by Gasteiger charge is 2.47. The lowest BCUT2D eigenvalue weighted by Gasteiger charge is -2.31. The third-order valence-corrected chi connectivity index (χ3v) is 6.85. The Labute approximate surface area is 183 Å². The number of likely N-dealkylation sites (tertiary alicyclic amines) is 1. The molecule has 30 heavy (non-hydrogen) atoms. The van der Waals surface area contributed by atoms with Gasteiger partial charge in [-0.1, -0.05) is 56.5 Å². The van der Waals surface area contributed by atoms with Crippen molar-refractivity contribution in [3.05, 3.63) is 34.9 Å². The largest absolute Gasteiger partial charge is 0.354 e.